The molecule has 0 saturated heterocycles. The number of nitrogens with zero attached hydrogens (tertiary/aromatic N) is 3. The van der Waals surface area contributed by atoms with Gasteiger partial charge in [0.1, 0.15) is 5.82 Å². The Balaban J connectivity index is 3.14. The molecular formula is C9H14N4O. The van der Waals surface area contributed by atoms with E-state index in [1.54, 1.807) is 6.07 Å². The van der Waals surface area contributed by atoms with Gasteiger partial charge in [0.05, 0.1) is 5.69 Å². The number of pyridine rings is 1. The van der Waals surface area contributed by atoms with Gasteiger partial charge >= 0.3 is 0 Å². The Morgan fingerprint density at radius 3 is 2.57 bits per heavy atom. The highest BCUT2D eigenvalue weighted by Gasteiger charge is 2.06. The Morgan fingerprint density at radius 1 is 1.50 bits per heavy atom. The third-order valence-corrected chi connectivity index (χ3v) is 1.91. The minimum Gasteiger partial charge on any atom is -0.409 e. The first-order valence-electron chi connectivity index (χ1n) is 4.19. The van der Waals surface area contributed by atoms with Gasteiger partial charge in [-0.05, 0) is 19.1 Å². The third-order valence-electron chi connectivity index (χ3n) is 1.91. The van der Waals surface area contributed by atoms with Crippen LogP contribution in [0.1, 0.15) is 11.3 Å². The van der Waals surface area contributed by atoms with Crippen molar-refractivity contribution in [3.05, 3.63) is 23.4 Å². The van der Waals surface area contributed by atoms with Gasteiger partial charge in [-0.2, -0.15) is 0 Å². The van der Waals surface area contributed by atoms with E-state index in [0.29, 0.717) is 5.56 Å². The average molecular weight is 194 g/mol. The molecule has 0 aromatic carbocycles. The number of aromatic nitrogens is 1. The minimum absolute atomic E-state index is 0.0836. The van der Waals surface area contributed by atoms with Crippen molar-refractivity contribution in [3.8, 4) is 0 Å². The van der Waals surface area contributed by atoms with Crippen molar-refractivity contribution in [3.63, 3.8) is 0 Å². The van der Waals surface area contributed by atoms with Gasteiger partial charge in [-0.3, -0.25) is 0 Å². The zero-order valence-electron chi connectivity index (χ0n) is 8.52. The Bertz CT molecular complexity index is 360. The second-order valence-corrected chi connectivity index (χ2v) is 3.18. The zero-order chi connectivity index (χ0) is 10.7. The SMILES string of the molecule is Cc1nc(N(C)C)ccc1/C(N)=N/O. The molecule has 0 saturated carbocycles. The summed E-state index contributed by atoms with van der Waals surface area (Å²) in [4.78, 5) is 6.19. The van der Waals surface area contributed by atoms with Crippen molar-refractivity contribution >= 4 is 11.7 Å². The summed E-state index contributed by atoms with van der Waals surface area (Å²) in [5, 5.41) is 11.5. The van der Waals surface area contributed by atoms with Crippen LogP contribution in [0, 0.1) is 6.92 Å². The number of hydrogen-bond acceptors (Lipinski definition) is 4. The number of anilines is 1. The number of amidine groups is 1. The molecular weight excluding hydrogens is 180 g/mol. The monoisotopic (exact) mass is 194 g/mol. The summed E-state index contributed by atoms with van der Waals surface area (Å²) in [5.41, 5.74) is 6.86. The molecule has 0 atom stereocenters. The van der Waals surface area contributed by atoms with Crippen molar-refractivity contribution < 1.29 is 5.21 Å². The van der Waals surface area contributed by atoms with Gasteiger partial charge in [-0.25, -0.2) is 4.98 Å². The van der Waals surface area contributed by atoms with E-state index >= 15 is 0 Å². The maximum absolute atomic E-state index is 8.52. The molecule has 0 spiro atoms. The summed E-state index contributed by atoms with van der Waals surface area (Å²) in [6, 6.07) is 3.60. The van der Waals surface area contributed by atoms with E-state index in [2.05, 4.69) is 10.1 Å². The Morgan fingerprint density at radius 2 is 2.14 bits per heavy atom. The van der Waals surface area contributed by atoms with Crippen LogP contribution < -0.4 is 10.6 Å². The number of oxime groups is 1. The van der Waals surface area contributed by atoms with Crippen molar-refractivity contribution in [2.75, 3.05) is 19.0 Å². The van der Waals surface area contributed by atoms with E-state index in [-0.39, 0.29) is 5.84 Å². The lowest BCUT2D eigenvalue weighted by Gasteiger charge is -2.12. The van der Waals surface area contributed by atoms with E-state index < -0.39 is 0 Å². The molecule has 0 radical (unpaired) electrons. The van der Waals surface area contributed by atoms with Crippen LogP contribution in [0.2, 0.25) is 0 Å². The summed E-state index contributed by atoms with van der Waals surface area (Å²) in [6.07, 6.45) is 0. The number of hydrogen-bond donors (Lipinski definition) is 2. The Labute approximate surface area is 82.9 Å². The van der Waals surface area contributed by atoms with E-state index in [4.69, 9.17) is 10.9 Å². The van der Waals surface area contributed by atoms with Crippen LogP contribution >= 0.6 is 0 Å². The molecule has 0 fully saturated rings. The third kappa shape index (κ3) is 1.93. The number of rotatable bonds is 2. The van der Waals surface area contributed by atoms with Crippen molar-refractivity contribution in [2.24, 2.45) is 10.9 Å². The predicted molar refractivity (Wildman–Crippen MR) is 55.8 cm³/mol. The highest BCUT2D eigenvalue weighted by Crippen LogP contribution is 2.12. The maximum Gasteiger partial charge on any atom is 0.171 e. The van der Waals surface area contributed by atoms with Gasteiger partial charge in [-0.15, -0.1) is 0 Å². The van der Waals surface area contributed by atoms with Crippen molar-refractivity contribution in [2.45, 2.75) is 6.92 Å². The summed E-state index contributed by atoms with van der Waals surface area (Å²) < 4.78 is 0. The molecule has 1 aromatic rings. The number of aryl methyl sites for hydroxylation is 1. The van der Waals surface area contributed by atoms with Crippen molar-refractivity contribution in [1.29, 1.82) is 0 Å². The van der Waals surface area contributed by atoms with Crippen molar-refractivity contribution in [1.82, 2.24) is 4.98 Å². The molecule has 0 unspecified atom stereocenters. The summed E-state index contributed by atoms with van der Waals surface area (Å²) in [7, 11) is 3.82. The molecule has 76 valence electrons. The van der Waals surface area contributed by atoms with E-state index in [1.165, 1.54) is 0 Å². The average Bonchev–Trinajstić information content (AvgIpc) is 2.16. The maximum atomic E-state index is 8.52. The normalized spacial score (nSPS) is 11.5. The Kier molecular flexibility index (Phi) is 2.91. The molecule has 3 N–H and O–H groups in total. The lowest BCUT2D eigenvalue weighted by Crippen LogP contribution is -2.17. The standard InChI is InChI=1S/C9H14N4O/c1-6-7(9(10)12-14)4-5-8(11-6)13(2)3/h4-5,14H,1-3H3,(H2,10,12). The van der Waals surface area contributed by atoms with E-state index in [1.807, 2.05) is 32.0 Å². The molecule has 14 heavy (non-hydrogen) atoms. The number of nitrogens with two attached hydrogens (primary N) is 1. The van der Waals surface area contributed by atoms with Crippen LogP contribution in [0.15, 0.2) is 17.3 Å². The van der Waals surface area contributed by atoms with Crippen LogP contribution in [0.3, 0.4) is 0 Å². The fourth-order valence-electron chi connectivity index (χ4n) is 1.12. The predicted octanol–water partition coefficient (Wildman–Crippen LogP) is 0.551. The summed E-state index contributed by atoms with van der Waals surface area (Å²) in [6.45, 7) is 1.82. The van der Waals surface area contributed by atoms with E-state index in [0.717, 1.165) is 11.5 Å². The van der Waals surface area contributed by atoms with Gasteiger partial charge in [0.2, 0.25) is 0 Å². The second-order valence-electron chi connectivity index (χ2n) is 3.18. The first-order valence-corrected chi connectivity index (χ1v) is 4.19. The lowest BCUT2D eigenvalue weighted by molar-refractivity contribution is 0.318. The van der Waals surface area contributed by atoms with E-state index in [9.17, 15) is 0 Å². The van der Waals surface area contributed by atoms with Crippen LogP contribution in [-0.2, 0) is 0 Å². The van der Waals surface area contributed by atoms with Gasteiger partial charge < -0.3 is 15.8 Å². The lowest BCUT2D eigenvalue weighted by atomic mass is 10.2. The molecule has 0 amide bonds. The minimum atomic E-state index is 0.0836. The molecule has 1 aromatic heterocycles. The smallest absolute Gasteiger partial charge is 0.171 e. The molecule has 0 aliphatic carbocycles. The zero-order valence-corrected chi connectivity index (χ0v) is 8.52. The quantitative estimate of drug-likeness (QED) is 0.312. The highest BCUT2D eigenvalue weighted by molar-refractivity contribution is 5.98. The molecule has 0 aliphatic rings. The molecule has 5 heteroatoms. The fraction of sp³-hybridized carbons (Fsp3) is 0.333. The Hall–Kier alpha value is -1.78. The van der Waals surface area contributed by atoms with Crippen LogP contribution in [-0.4, -0.2) is 30.1 Å². The first-order chi connectivity index (χ1) is 6.56. The summed E-state index contributed by atoms with van der Waals surface area (Å²) >= 11 is 0. The molecule has 1 rings (SSSR count). The first kappa shape index (κ1) is 10.3. The molecule has 0 bridgehead atoms. The molecule has 1 heterocycles. The van der Waals surface area contributed by atoms with Crippen LogP contribution in [0.5, 0.6) is 0 Å². The summed E-state index contributed by atoms with van der Waals surface area (Å²) in [5.74, 6) is 0.928. The van der Waals surface area contributed by atoms with Crippen LogP contribution in [0.25, 0.3) is 0 Å². The fourth-order valence-corrected chi connectivity index (χ4v) is 1.12. The van der Waals surface area contributed by atoms with Gasteiger partial charge in [0.15, 0.2) is 5.84 Å². The highest BCUT2D eigenvalue weighted by atomic mass is 16.4. The van der Waals surface area contributed by atoms with Gasteiger partial charge in [0, 0.05) is 19.7 Å². The van der Waals surface area contributed by atoms with Gasteiger partial charge in [-0.1, -0.05) is 5.16 Å². The van der Waals surface area contributed by atoms with Gasteiger partial charge in [0.25, 0.3) is 0 Å². The topological polar surface area (TPSA) is 74.7 Å². The largest absolute Gasteiger partial charge is 0.409 e. The molecule has 5 nitrogen and oxygen atoms in total. The molecule has 0 aliphatic heterocycles. The van der Waals surface area contributed by atoms with Crippen LogP contribution in [0.4, 0.5) is 5.82 Å². The second kappa shape index (κ2) is 3.95.